The lowest BCUT2D eigenvalue weighted by atomic mass is 10.1. The first-order valence-electron chi connectivity index (χ1n) is 3.15. The predicted molar refractivity (Wildman–Crippen MR) is 30.8 cm³/mol. The van der Waals surface area contributed by atoms with Crippen molar-refractivity contribution in [3.05, 3.63) is 0 Å². The van der Waals surface area contributed by atoms with Gasteiger partial charge in [0.25, 0.3) is 0 Å². The molecule has 7 heavy (non-hydrogen) atoms. The standard InChI is InChI=1S/C5H8N2/c1-4-3-6-7-5(4)2/h3-4H,1-2H3/i3D,4D. The van der Waals surface area contributed by atoms with Crippen molar-refractivity contribution in [1.29, 1.82) is 0 Å². The van der Waals surface area contributed by atoms with Gasteiger partial charge in [0.05, 0.1) is 1.37 Å². The molecule has 1 atom stereocenters. The van der Waals surface area contributed by atoms with E-state index in [0.717, 1.165) is 0 Å². The minimum absolute atomic E-state index is 0.0278. The van der Waals surface area contributed by atoms with Crippen molar-refractivity contribution in [2.45, 2.75) is 13.8 Å². The third-order valence-corrected chi connectivity index (χ3v) is 0.960. The molecule has 1 unspecified atom stereocenters. The van der Waals surface area contributed by atoms with Gasteiger partial charge in [-0.2, -0.15) is 10.2 Å². The van der Waals surface area contributed by atoms with E-state index < -0.39 is 5.89 Å². The van der Waals surface area contributed by atoms with Gasteiger partial charge in [-0.1, -0.05) is 6.92 Å². The fourth-order valence-corrected chi connectivity index (χ4v) is 0.331. The fourth-order valence-electron chi connectivity index (χ4n) is 0.331. The Kier molecular flexibility index (Phi) is 0.537. The Labute approximate surface area is 45.8 Å². The van der Waals surface area contributed by atoms with Gasteiger partial charge in [0.1, 0.15) is 0 Å². The number of rotatable bonds is 0. The summed E-state index contributed by atoms with van der Waals surface area (Å²) in [6, 6.07) is 0. The van der Waals surface area contributed by atoms with Crippen molar-refractivity contribution in [3.8, 4) is 0 Å². The van der Waals surface area contributed by atoms with Crippen LogP contribution in [-0.4, -0.2) is 11.9 Å². The van der Waals surface area contributed by atoms with E-state index in [-0.39, 0.29) is 6.19 Å². The van der Waals surface area contributed by atoms with E-state index in [2.05, 4.69) is 10.2 Å². The lowest BCUT2D eigenvalue weighted by Crippen LogP contribution is -2.01. The highest BCUT2D eigenvalue weighted by Gasteiger charge is 2.05. The van der Waals surface area contributed by atoms with Gasteiger partial charge in [0.2, 0.25) is 0 Å². The normalized spacial score (nSPS) is 44.3. The monoisotopic (exact) mass is 98.1 g/mol. The first-order chi connectivity index (χ1) is 4.05. The van der Waals surface area contributed by atoms with E-state index in [1.807, 2.05) is 0 Å². The molecule has 0 fully saturated rings. The van der Waals surface area contributed by atoms with Gasteiger partial charge in [0, 0.05) is 19.2 Å². The number of nitrogens with zero attached hydrogens (tertiary/aromatic N) is 2. The zero-order valence-corrected chi connectivity index (χ0v) is 4.39. The maximum Gasteiger partial charge on any atom is 0.0818 e. The third-order valence-electron chi connectivity index (χ3n) is 0.960. The topological polar surface area (TPSA) is 24.7 Å². The molecule has 0 N–H and O–H groups in total. The van der Waals surface area contributed by atoms with Gasteiger partial charge in [-0.05, 0) is 6.92 Å². The molecule has 0 spiro atoms. The average molecular weight is 98.1 g/mol. The minimum Gasteiger partial charge on any atom is -0.163 e. The maximum atomic E-state index is 7.45. The molecule has 0 amide bonds. The van der Waals surface area contributed by atoms with E-state index in [1.54, 1.807) is 13.8 Å². The summed E-state index contributed by atoms with van der Waals surface area (Å²) < 4.78 is 14.6. The molecule has 0 aromatic carbocycles. The summed E-state index contributed by atoms with van der Waals surface area (Å²) in [7, 11) is 0. The van der Waals surface area contributed by atoms with Gasteiger partial charge >= 0.3 is 0 Å². The molecule has 0 aliphatic carbocycles. The molecular formula is C5H8N2. The van der Waals surface area contributed by atoms with Crippen LogP contribution in [0.5, 0.6) is 0 Å². The minimum atomic E-state index is -0.972. The zero-order chi connectivity index (χ0) is 7.07. The van der Waals surface area contributed by atoms with Gasteiger partial charge < -0.3 is 0 Å². The molecule has 0 radical (unpaired) electrons. The van der Waals surface area contributed by atoms with Crippen molar-refractivity contribution in [3.63, 3.8) is 0 Å². The summed E-state index contributed by atoms with van der Waals surface area (Å²) in [5.41, 5.74) is 0.590. The van der Waals surface area contributed by atoms with Crippen LogP contribution in [0.1, 0.15) is 16.6 Å². The van der Waals surface area contributed by atoms with Gasteiger partial charge in [-0.3, -0.25) is 0 Å². The number of hydrogen-bond donors (Lipinski definition) is 0. The second-order valence-corrected chi connectivity index (χ2v) is 1.52. The summed E-state index contributed by atoms with van der Waals surface area (Å²) in [4.78, 5) is 0. The third kappa shape index (κ3) is 0.683. The van der Waals surface area contributed by atoms with Crippen molar-refractivity contribution in [1.82, 2.24) is 0 Å². The maximum absolute atomic E-state index is 7.45. The van der Waals surface area contributed by atoms with Crippen LogP contribution in [0.4, 0.5) is 0 Å². The Bertz CT molecular complexity index is 173. The first-order valence-corrected chi connectivity index (χ1v) is 2.15. The van der Waals surface area contributed by atoms with Crippen LogP contribution >= 0.6 is 0 Å². The van der Waals surface area contributed by atoms with Crippen molar-refractivity contribution < 1.29 is 2.74 Å². The highest BCUT2D eigenvalue weighted by Crippen LogP contribution is 2.01. The predicted octanol–water partition coefficient (Wildman–Crippen LogP) is 1.08. The molecule has 0 bridgehead atoms. The molecule has 1 heterocycles. The van der Waals surface area contributed by atoms with E-state index in [1.165, 1.54) is 0 Å². The molecule has 1 aliphatic heterocycles. The summed E-state index contributed by atoms with van der Waals surface area (Å²) in [6.45, 7) is 3.32. The SMILES string of the molecule is [2H]C1=NN=C(C)C1([2H])C. The second kappa shape index (κ2) is 1.45. The Balaban J connectivity index is 2.96. The molecule has 1 aliphatic rings. The van der Waals surface area contributed by atoms with Crippen molar-refractivity contribution >= 4 is 11.9 Å². The van der Waals surface area contributed by atoms with Crippen molar-refractivity contribution in [2.75, 3.05) is 0 Å². The van der Waals surface area contributed by atoms with Crippen LogP contribution in [0.15, 0.2) is 10.2 Å². The zero-order valence-electron chi connectivity index (χ0n) is 6.39. The van der Waals surface area contributed by atoms with Crippen molar-refractivity contribution in [2.24, 2.45) is 16.1 Å². The highest BCUT2D eigenvalue weighted by molar-refractivity contribution is 5.99. The van der Waals surface area contributed by atoms with Gasteiger partial charge in [-0.25, -0.2) is 0 Å². The Morgan fingerprint density at radius 1 is 2.14 bits per heavy atom. The molecule has 0 aromatic rings. The average Bonchev–Trinajstić information content (AvgIpc) is 1.96. The number of hydrogen-bond acceptors (Lipinski definition) is 2. The summed E-state index contributed by atoms with van der Waals surface area (Å²) in [5.74, 6) is -0.972. The molecule has 38 valence electrons. The van der Waals surface area contributed by atoms with Gasteiger partial charge in [-0.15, -0.1) is 0 Å². The molecular weight excluding hydrogens is 88.1 g/mol. The van der Waals surface area contributed by atoms with E-state index >= 15 is 0 Å². The Morgan fingerprint density at radius 3 is 3.00 bits per heavy atom. The molecule has 2 heteroatoms. The summed E-state index contributed by atoms with van der Waals surface area (Å²) in [6.07, 6.45) is 0.0278. The summed E-state index contributed by atoms with van der Waals surface area (Å²) in [5, 5.41) is 7.05. The van der Waals surface area contributed by atoms with Gasteiger partial charge in [0.15, 0.2) is 0 Å². The molecule has 2 nitrogen and oxygen atoms in total. The highest BCUT2D eigenvalue weighted by atomic mass is 15.2. The molecule has 0 aromatic heterocycles. The molecule has 0 saturated heterocycles. The first kappa shape index (κ1) is 2.60. The Morgan fingerprint density at radius 2 is 2.86 bits per heavy atom. The largest absolute Gasteiger partial charge is 0.163 e. The van der Waals surface area contributed by atoms with Crippen LogP contribution in [0.25, 0.3) is 0 Å². The smallest absolute Gasteiger partial charge is 0.0818 e. The fraction of sp³-hybridized carbons (Fsp3) is 0.600. The quantitative estimate of drug-likeness (QED) is 0.433. The van der Waals surface area contributed by atoms with Crippen LogP contribution in [0.3, 0.4) is 0 Å². The molecule has 1 rings (SSSR count). The second-order valence-electron chi connectivity index (χ2n) is 1.52. The van der Waals surface area contributed by atoms with Crippen LogP contribution in [0, 0.1) is 5.89 Å². The van der Waals surface area contributed by atoms with Crippen LogP contribution in [0.2, 0.25) is 0 Å². The Hall–Kier alpha value is -0.660. The lowest BCUT2D eigenvalue weighted by Gasteiger charge is -1.90. The van der Waals surface area contributed by atoms with E-state index in [9.17, 15) is 0 Å². The van der Waals surface area contributed by atoms with E-state index in [0.29, 0.717) is 5.71 Å². The summed E-state index contributed by atoms with van der Waals surface area (Å²) >= 11 is 0. The van der Waals surface area contributed by atoms with E-state index in [4.69, 9.17) is 2.74 Å². The van der Waals surface area contributed by atoms with Crippen LogP contribution in [-0.2, 0) is 0 Å². The molecule has 0 saturated carbocycles. The lowest BCUT2D eigenvalue weighted by molar-refractivity contribution is 1.11. The van der Waals surface area contributed by atoms with Crippen LogP contribution < -0.4 is 0 Å².